The molecule has 3 aromatic rings. The highest BCUT2D eigenvalue weighted by Gasteiger charge is 2.39. The first kappa shape index (κ1) is 18.2. The summed E-state index contributed by atoms with van der Waals surface area (Å²) in [5.74, 6) is 1.66. The molecule has 0 bridgehead atoms. The molecule has 7 nitrogen and oxygen atoms in total. The number of aryl methyl sites for hydroxylation is 1. The summed E-state index contributed by atoms with van der Waals surface area (Å²) in [5.41, 5.74) is 1.78. The summed E-state index contributed by atoms with van der Waals surface area (Å²) in [7, 11) is 1.34. The third-order valence-corrected chi connectivity index (χ3v) is 5.20. The van der Waals surface area contributed by atoms with Gasteiger partial charge in [-0.05, 0) is 37.3 Å². The van der Waals surface area contributed by atoms with Crippen LogP contribution in [0, 0.1) is 6.92 Å². The first-order valence-corrected chi connectivity index (χ1v) is 9.42. The maximum absolute atomic E-state index is 12.9. The molecule has 1 atom stereocenters. The second-order valence-corrected chi connectivity index (χ2v) is 7.07. The van der Waals surface area contributed by atoms with Gasteiger partial charge in [-0.1, -0.05) is 6.07 Å². The van der Waals surface area contributed by atoms with Crippen LogP contribution in [0.15, 0.2) is 52.8 Å². The first-order chi connectivity index (χ1) is 14.5. The van der Waals surface area contributed by atoms with E-state index in [-0.39, 0.29) is 23.9 Å². The van der Waals surface area contributed by atoms with Crippen LogP contribution in [-0.2, 0) is 9.53 Å². The van der Waals surface area contributed by atoms with Gasteiger partial charge in [0, 0.05) is 29.3 Å². The van der Waals surface area contributed by atoms with Crippen LogP contribution in [0.4, 0.5) is 0 Å². The van der Waals surface area contributed by atoms with Crippen LogP contribution in [0.2, 0.25) is 0 Å². The van der Waals surface area contributed by atoms with E-state index in [1.807, 2.05) is 19.1 Å². The van der Waals surface area contributed by atoms with Gasteiger partial charge in [0.25, 0.3) is 0 Å². The predicted octanol–water partition coefficient (Wildman–Crippen LogP) is 4.40. The second-order valence-electron chi connectivity index (χ2n) is 7.07. The van der Waals surface area contributed by atoms with Crippen molar-refractivity contribution in [3.05, 3.63) is 76.6 Å². The summed E-state index contributed by atoms with van der Waals surface area (Å²) < 4.78 is 22.4. The molecule has 2 aromatic heterocycles. The molecule has 150 valence electrons. The summed E-state index contributed by atoms with van der Waals surface area (Å²) in [5, 5.41) is 0. The van der Waals surface area contributed by atoms with Gasteiger partial charge in [0.2, 0.25) is 11.7 Å². The van der Waals surface area contributed by atoms with E-state index in [2.05, 4.69) is 4.98 Å². The molecule has 0 saturated carbocycles. The van der Waals surface area contributed by atoms with Crippen LogP contribution < -0.4 is 9.47 Å². The Morgan fingerprint density at radius 3 is 2.83 bits per heavy atom. The van der Waals surface area contributed by atoms with Crippen molar-refractivity contribution in [2.45, 2.75) is 19.3 Å². The SMILES string of the molecule is COC(=O)CC1c2cccnc2Oc2ccc3c(c21)OC(=Cc1ccc(C)o1)C3=O. The van der Waals surface area contributed by atoms with Gasteiger partial charge in [-0.15, -0.1) is 0 Å². The van der Waals surface area contributed by atoms with Crippen molar-refractivity contribution >= 4 is 17.8 Å². The number of furan rings is 1. The number of hydrogen-bond donors (Lipinski definition) is 0. The van der Waals surface area contributed by atoms with Crippen molar-refractivity contribution in [1.29, 1.82) is 0 Å². The molecule has 0 amide bonds. The van der Waals surface area contributed by atoms with E-state index in [4.69, 9.17) is 18.6 Å². The highest BCUT2D eigenvalue weighted by Crippen LogP contribution is 2.52. The first-order valence-electron chi connectivity index (χ1n) is 9.42. The summed E-state index contributed by atoms with van der Waals surface area (Å²) in [6.45, 7) is 1.82. The van der Waals surface area contributed by atoms with Gasteiger partial charge in [-0.3, -0.25) is 9.59 Å². The fraction of sp³-hybridized carbons (Fsp3) is 0.174. The zero-order chi connectivity index (χ0) is 20.8. The lowest BCUT2D eigenvalue weighted by molar-refractivity contribution is -0.140. The molecule has 1 aromatic carbocycles. The Kier molecular flexibility index (Phi) is 4.17. The second kappa shape index (κ2) is 6.88. The largest absolute Gasteiger partial charge is 0.469 e. The third kappa shape index (κ3) is 2.86. The van der Waals surface area contributed by atoms with Crippen LogP contribution in [0.1, 0.15) is 45.3 Å². The molecule has 0 radical (unpaired) electrons. The quantitative estimate of drug-likeness (QED) is 0.473. The number of aromatic nitrogens is 1. The minimum absolute atomic E-state index is 0.0655. The number of Topliss-reactive ketones (excluding diaryl/α,β-unsaturated/α-hetero) is 1. The lowest BCUT2D eigenvalue weighted by atomic mass is 9.85. The number of benzene rings is 1. The van der Waals surface area contributed by atoms with Crippen molar-refractivity contribution in [1.82, 2.24) is 4.98 Å². The Morgan fingerprint density at radius 1 is 1.20 bits per heavy atom. The smallest absolute Gasteiger partial charge is 0.306 e. The molecule has 0 fully saturated rings. The van der Waals surface area contributed by atoms with Crippen LogP contribution in [-0.4, -0.2) is 23.8 Å². The Balaban J connectivity index is 1.63. The molecule has 7 heteroatoms. The number of methoxy groups -OCH3 is 1. The number of ketones is 1. The van der Waals surface area contributed by atoms with Gasteiger partial charge in [0.15, 0.2) is 5.76 Å². The molecule has 0 N–H and O–H groups in total. The van der Waals surface area contributed by atoms with Crippen molar-refractivity contribution in [2.24, 2.45) is 0 Å². The van der Waals surface area contributed by atoms with Crippen LogP contribution >= 0.6 is 0 Å². The fourth-order valence-electron chi connectivity index (χ4n) is 3.81. The van der Waals surface area contributed by atoms with Crippen LogP contribution in [0.3, 0.4) is 0 Å². The van der Waals surface area contributed by atoms with Gasteiger partial charge in [0.1, 0.15) is 23.0 Å². The molecule has 2 aliphatic heterocycles. The molecule has 0 spiro atoms. The summed E-state index contributed by atoms with van der Waals surface area (Å²) in [6.07, 6.45) is 3.25. The van der Waals surface area contributed by atoms with E-state index in [1.165, 1.54) is 7.11 Å². The number of fused-ring (bicyclic) bond motifs is 4. The van der Waals surface area contributed by atoms with E-state index in [9.17, 15) is 9.59 Å². The number of carbonyl (C=O) groups excluding carboxylic acids is 2. The third-order valence-electron chi connectivity index (χ3n) is 5.20. The normalized spacial score (nSPS) is 17.6. The molecule has 30 heavy (non-hydrogen) atoms. The van der Waals surface area contributed by atoms with Crippen molar-refractivity contribution in [2.75, 3.05) is 7.11 Å². The number of pyridine rings is 1. The zero-order valence-electron chi connectivity index (χ0n) is 16.3. The standard InChI is InChI=1S/C23H17NO6/c1-12-5-6-13(28-12)10-18-21(26)15-7-8-17-20(22(15)29-18)16(11-19(25)27-2)14-4-3-9-24-23(14)30-17/h3-10,16H,11H2,1-2H3. The number of rotatable bonds is 3. The maximum atomic E-state index is 12.9. The molecule has 4 heterocycles. The van der Waals surface area contributed by atoms with E-state index in [0.29, 0.717) is 34.3 Å². The average Bonchev–Trinajstić information content (AvgIpc) is 3.30. The molecular formula is C23H17NO6. The molecule has 5 rings (SSSR count). The van der Waals surface area contributed by atoms with E-state index in [0.717, 1.165) is 11.3 Å². The zero-order valence-corrected chi connectivity index (χ0v) is 16.3. The Hall–Kier alpha value is -3.87. The number of hydrogen-bond acceptors (Lipinski definition) is 7. The average molecular weight is 403 g/mol. The highest BCUT2D eigenvalue weighted by atomic mass is 16.5. The summed E-state index contributed by atoms with van der Waals surface area (Å²) in [4.78, 5) is 29.4. The lowest BCUT2D eigenvalue weighted by Gasteiger charge is -2.27. The lowest BCUT2D eigenvalue weighted by Crippen LogP contribution is -2.16. The number of nitrogens with zero attached hydrogens (tertiary/aromatic N) is 1. The molecular weight excluding hydrogens is 386 g/mol. The van der Waals surface area contributed by atoms with Gasteiger partial charge in [-0.2, -0.15) is 0 Å². The number of carbonyl (C=O) groups is 2. The fourth-order valence-corrected chi connectivity index (χ4v) is 3.81. The topological polar surface area (TPSA) is 87.9 Å². The minimum Gasteiger partial charge on any atom is -0.469 e. The Bertz CT molecular complexity index is 1220. The Morgan fingerprint density at radius 2 is 2.07 bits per heavy atom. The van der Waals surface area contributed by atoms with E-state index in [1.54, 1.807) is 36.5 Å². The van der Waals surface area contributed by atoms with Gasteiger partial charge >= 0.3 is 5.97 Å². The van der Waals surface area contributed by atoms with Gasteiger partial charge < -0.3 is 18.6 Å². The van der Waals surface area contributed by atoms with E-state index >= 15 is 0 Å². The van der Waals surface area contributed by atoms with Gasteiger partial charge in [-0.25, -0.2) is 4.98 Å². The number of ether oxygens (including phenoxy) is 3. The van der Waals surface area contributed by atoms with Crippen molar-refractivity contribution in [3.8, 4) is 17.4 Å². The predicted molar refractivity (Wildman–Crippen MR) is 106 cm³/mol. The van der Waals surface area contributed by atoms with Crippen molar-refractivity contribution in [3.63, 3.8) is 0 Å². The number of allylic oxidation sites excluding steroid dienone is 1. The Labute approximate surface area is 171 Å². The molecule has 0 saturated heterocycles. The van der Waals surface area contributed by atoms with Crippen LogP contribution in [0.25, 0.3) is 6.08 Å². The van der Waals surface area contributed by atoms with Crippen molar-refractivity contribution < 1.29 is 28.2 Å². The highest BCUT2D eigenvalue weighted by molar-refractivity contribution is 6.15. The number of esters is 1. The summed E-state index contributed by atoms with van der Waals surface area (Å²) >= 11 is 0. The summed E-state index contributed by atoms with van der Waals surface area (Å²) in [6, 6.07) is 10.6. The van der Waals surface area contributed by atoms with Crippen LogP contribution in [0.5, 0.6) is 17.4 Å². The maximum Gasteiger partial charge on any atom is 0.306 e. The van der Waals surface area contributed by atoms with Gasteiger partial charge in [0.05, 0.1) is 19.1 Å². The molecule has 0 aliphatic carbocycles. The monoisotopic (exact) mass is 403 g/mol. The molecule has 2 aliphatic rings. The van der Waals surface area contributed by atoms with E-state index < -0.39 is 5.92 Å². The minimum atomic E-state index is -0.419. The molecule has 1 unspecified atom stereocenters.